The minimum Gasteiger partial charge on any atom is -0.296 e. The fourth-order valence-corrected chi connectivity index (χ4v) is 2.95. The molecule has 0 radical (unpaired) electrons. The van der Waals surface area contributed by atoms with E-state index in [-0.39, 0.29) is 0 Å². The first kappa shape index (κ1) is 20.2. The Hall–Kier alpha value is -2.12. The highest BCUT2D eigenvalue weighted by atomic mass is 15.1. The highest BCUT2D eigenvalue weighted by Crippen LogP contribution is 2.08. The second-order valence-corrected chi connectivity index (χ2v) is 7.28. The Morgan fingerprint density at radius 1 is 0.731 bits per heavy atom. The van der Waals surface area contributed by atoms with Crippen molar-refractivity contribution in [3.05, 3.63) is 83.9 Å². The molecule has 0 saturated heterocycles. The minimum absolute atomic E-state index is 0.805. The monoisotopic (exact) mass is 347 g/mol. The molecule has 1 heteroatoms. The molecule has 0 amide bonds. The van der Waals surface area contributed by atoms with Crippen LogP contribution in [0.4, 0.5) is 0 Å². The molecule has 0 unspecified atom stereocenters. The molecule has 138 valence electrons. The van der Waals surface area contributed by atoms with Crippen LogP contribution in [0.15, 0.2) is 72.8 Å². The van der Waals surface area contributed by atoms with Crippen molar-refractivity contribution in [2.24, 2.45) is 5.92 Å². The van der Waals surface area contributed by atoms with Gasteiger partial charge in [0.1, 0.15) is 0 Å². The van der Waals surface area contributed by atoms with Crippen molar-refractivity contribution in [3.8, 4) is 0 Å². The summed E-state index contributed by atoms with van der Waals surface area (Å²) in [5.74, 6) is 0.805. The molecule has 2 aromatic rings. The smallest absolute Gasteiger partial charge is 0.0169 e. The molecular weight excluding hydrogens is 314 g/mol. The van der Waals surface area contributed by atoms with Crippen molar-refractivity contribution < 1.29 is 0 Å². The van der Waals surface area contributed by atoms with Crippen molar-refractivity contribution in [1.82, 2.24) is 4.90 Å². The van der Waals surface area contributed by atoms with Crippen LogP contribution in [0.3, 0.4) is 0 Å². The third kappa shape index (κ3) is 8.82. The van der Waals surface area contributed by atoms with E-state index >= 15 is 0 Å². The molecule has 0 N–H and O–H groups in total. The predicted octanol–water partition coefficient (Wildman–Crippen LogP) is 6.54. The lowest BCUT2D eigenvalue weighted by atomic mass is 10.1. The van der Waals surface area contributed by atoms with E-state index in [4.69, 9.17) is 0 Å². The van der Waals surface area contributed by atoms with Crippen molar-refractivity contribution in [3.63, 3.8) is 0 Å². The number of benzene rings is 2. The summed E-state index contributed by atoms with van der Waals surface area (Å²) in [5, 5.41) is 0. The Bertz CT molecular complexity index is 589. The van der Waals surface area contributed by atoms with E-state index in [9.17, 15) is 0 Å². The zero-order valence-electron chi connectivity index (χ0n) is 16.4. The van der Waals surface area contributed by atoms with Gasteiger partial charge in [0.05, 0.1) is 0 Å². The first-order valence-corrected chi connectivity index (χ1v) is 9.89. The van der Waals surface area contributed by atoms with Crippen LogP contribution in [0.25, 0.3) is 12.2 Å². The maximum atomic E-state index is 2.53. The molecule has 2 rings (SSSR count). The highest BCUT2D eigenvalue weighted by Gasteiger charge is 2.02. The Balaban J connectivity index is 1.85. The molecule has 0 fully saturated rings. The molecular formula is C25H33N. The maximum Gasteiger partial charge on any atom is 0.0169 e. The largest absolute Gasteiger partial charge is 0.296 e. The first-order chi connectivity index (χ1) is 12.7. The highest BCUT2D eigenvalue weighted by molar-refractivity contribution is 5.49. The van der Waals surface area contributed by atoms with Crippen LogP contribution in [0.5, 0.6) is 0 Å². The van der Waals surface area contributed by atoms with Crippen LogP contribution in [0, 0.1) is 5.92 Å². The Morgan fingerprint density at radius 3 is 1.69 bits per heavy atom. The number of unbranched alkanes of at least 4 members (excludes halogenated alkanes) is 1. The summed E-state index contributed by atoms with van der Waals surface area (Å²) in [5.41, 5.74) is 2.54. The molecule has 0 aliphatic rings. The lowest BCUT2D eigenvalue weighted by Crippen LogP contribution is -2.25. The van der Waals surface area contributed by atoms with Crippen LogP contribution >= 0.6 is 0 Å². The third-order valence-corrected chi connectivity index (χ3v) is 4.45. The zero-order valence-corrected chi connectivity index (χ0v) is 16.4. The van der Waals surface area contributed by atoms with E-state index in [0.717, 1.165) is 25.6 Å². The van der Waals surface area contributed by atoms with E-state index in [0.29, 0.717) is 0 Å². The van der Waals surface area contributed by atoms with Gasteiger partial charge in [0.2, 0.25) is 0 Å². The lowest BCUT2D eigenvalue weighted by Gasteiger charge is -2.19. The minimum atomic E-state index is 0.805. The summed E-state index contributed by atoms with van der Waals surface area (Å²) in [6, 6.07) is 21.1. The fraction of sp³-hybridized carbons (Fsp3) is 0.360. The van der Waals surface area contributed by atoms with Gasteiger partial charge >= 0.3 is 0 Å². The van der Waals surface area contributed by atoms with Crippen LogP contribution in [0.1, 0.15) is 44.2 Å². The van der Waals surface area contributed by atoms with Gasteiger partial charge in [-0.3, -0.25) is 4.90 Å². The maximum absolute atomic E-state index is 2.53. The van der Waals surface area contributed by atoms with Gasteiger partial charge in [-0.15, -0.1) is 0 Å². The summed E-state index contributed by atoms with van der Waals surface area (Å²) in [7, 11) is 0. The summed E-state index contributed by atoms with van der Waals surface area (Å²) in [6.07, 6.45) is 12.9. The third-order valence-electron chi connectivity index (χ3n) is 4.45. The number of hydrogen-bond acceptors (Lipinski definition) is 1. The van der Waals surface area contributed by atoms with Crippen LogP contribution in [-0.2, 0) is 0 Å². The van der Waals surface area contributed by atoms with E-state index in [1.807, 2.05) is 0 Å². The van der Waals surface area contributed by atoms with Gasteiger partial charge in [0.25, 0.3) is 0 Å². The molecule has 0 aliphatic carbocycles. The fourth-order valence-electron chi connectivity index (χ4n) is 2.95. The SMILES string of the molecule is CC(C)CCCCN(CC=Cc1ccccc1)CC=Cc1ccccc1. The van der Waals surface area contributed by atoms with Gasteiger partial charge in [-0.05, 0) is 30.0 Å². The molecule has 0 bridgehead atoms. The summed E-state index contributed by atoms with van der Waals surface area (Å²) < 4.78 is 0. The molecule has 0 atom stereocenters. The molecule has 1 nitrogen and oxygen atoms in total. The molecule has 26 heavy (non-hydrogen) atoms. The second kappa shape index (κ2) is 12.3. The van der Waals surface area contributed by atoms with Gasteiger partial charge in [0.15, 0.2) is 0 Å². The zero-order chi connectivity index (χ0) is 18.5. The van der Waals surface area contributed by atoms with Crippen molar-refractivity contribution in [1.29, 1.82) is 0 Å². The molecule has 0 saturated carbocycles. The van der Waals surface area contributed by atoms with Gasteiger partial charge in [-0.1, -0.05) is 112 Å². The van der Waals surface area contributed by atoms with Crippen LogP contribution < -0.4 is 0 Å². The van der Waals surface area contributed by atoms with Crippen LogP contribution in [0.2, 0.25) is 0 Å². The molecule has 0 heterocycles. The quantitative estimate of drug-likeness (QED) is 0.417. The summed E-state index contributed by atoms with van der Waals surface area (Å²) in [4.78, 5) is 2.53. The van der Waals surface area contributed by atoms with Gasteiger partial charge in [-0.25, -0.2) is 0 Å². The molecule has 0 spiro atoms. The Morgan fingerprint density at radius 2 is 1.23 bits per heavy atom. The molecule has 0 aliphatic heterocycles. The second-order valence-electron chi connectivity index (χ2n) is 7.28. The van der Waals surface area contributed by atoms with Crippen LogP contribution in [-0.4, -0.2) is 24.5 Å². The average molecular weight is 348 g/mol. The number of nitrogens with zero attached hydrogens (tertiary/aromatic N) is 1. The molecule has 2 aromatic carbocycles. The standard InChI is InChI=1S/C25H33N/c1-23(2)13-9-10-20-26(21-11-18-24-14-5-3-6-15-24)22-12-19-25-16-7-4-8-17-25/h3-8,11-12,14-19,23H,9-10,13,20-22H2,1-2H3. The van der Waals surface area contributed by atoms with Gasteiger partial charge in [-0.2, -0.15) is 0 Å². The summed E-state index contributed by atoms with van der Waals surface area (Å²) >= 11 is 0. The lowest BCUT2D eigenvalue weighted by molar-refractivity contribution is 0.322. The van der Waals surface area contributed by atoms with Crippen molar-refractivity contribution in [2.75, 3.05) is 19.6 Å². The van der Waals surface area contributed by atoms with Gasteiger partial charge in [0, 0.05) is 13.1 Å². The van der Waals surface area contributed by atoms with E-state index in [2.05, 4.69) is 104 Å². The summed E-state index contributed by atoms with van der Waals surface area (Å²) in [6.45, 7) is 7.77. The number of rotatable bonds is 11. The van der Waals surface area contributed by atoms with Gasteiger partial charge < -0.3 is 0 Å². The predicted molar refractivity (Wildman–Crippen MR) is 116 cm³/mol. The van der Waals surface area contributed by atoms with E-state index in [1.165, 1.54) is 30.4 Å². The first-order valence-electron chi connectivity index (χ1n) is 9.89. The number of hydrogen-bond donors (Lipinski definition) is 0. The normalized spacial score (nSPS) is 12.0. The Labute approximate surface area is 160 Å². The van der Waals surface area contributed by atoms with Crippen molar-refractivity contribution >= 4 is 12.2 Å². The molecule has 0 aromatic heterocycles. The average Bonchev–Trinajstić information content (AvgIpc) is 2.66. The van der Waals surface area contributed by atoms with E-state index in [1.54, 1.807) is 0 Å². The topological polar surface area (TPSA) is 3.24 Å². The Kier molecular flexibility index (Phi) is 9.53. The van der Waals surface area contributed by atoms with Crippen molar-refractivity contribution in [2.45, 2.75) is 33.1 Å². The van der Waals surface area contributed by atoms with E-state index < -0.39 is 0 Å².